The molecular weight excluding hydrogens is 281 g/mol. The van der Waals surface area contributed by atoms with Gasteiger partial charge in [0, 0.05) is 6.54 Å². The van der Waals surface area contributed by atoms with Gasteiger partial charge in [-0.15, -0.1) is 0 Å². The fourth-order valence-corrected chi connectivity index (χ4v) is 3.91. The summed E-state index contributed by atoms with van der Waals surface area (Å²) in [6.45, 7) is 0.149. The van der Waals surface area contributed by atoms with Crippen molar-refractivity contribution in [1.29, 1.82) is 0 Å². The zero-order chi connectivity index (χ0) is 14.3. The summed E-state index contributed by atoms with van der Waals surface area (Å²) in [4.78, 5) is -0.736. The fraction of sp³-hybridized carbons (Fsp3) is 0.455. The molecule has 1 aromatic carbocycles. The van der Waals surface area contributed by atoms with E-state index in [1.54, 1.807) is 0 Å². The number of halogens is 3. The van der Waals surface area contributed by atoms with E-state index in [4.69, 9.17) is 5.73 Å². The standard InChI is InChI=1S/C11H13F3N2O2S/c12-11(13,14)8-4-1-2-5-9(8)19(17,18)16-7-3-6-10(16)15/h1-2,4-5,10H,3,6-7,15H2. The van der Waals surface area contributed by atoms with E-state index < -0.39 is 32.8 Å². The second-order valence-corrected chi connectivity index (χ2v) is 6.18. The lowest BCUT2D eigenvalue weighted by Gasteiger charge is -2.22. The molecule has 0 spiro atoms. The summed E-state index contributed by atoms with van der Waals surface area (Å²) >= 11 is 0. The van der Waals surface area contributed by atoms with Gasteiger partial charge in [0.25, 0.3) is 0 Å². The lowest BCUT2D eigenvalue weighted by atomic mass is 10.2. The molecule has 0 radical (unpaired) electrons. The lowest BCUT2D eigenvalue weighted by molar-refractivity contribution is -0.139. The molecule has 0 saturated carbocycles. The fourth-order valence-electron chi connectivity index (χ4n) is 2.12. The van der Waals surface area contributed by atoms with Crippen LogP contribution in [0.2, 0.25) is 0 Å². The zero-order valence-electron chi connectivity index (χ0n) is 9.89. The minimum Gasteiger partial charge on any atom is -0.315 e. The van der Waals surface area contributed by atoms with Crippen LogP contribution in [0.4, 0.5) is 13.2 Å². The molecule has 0 amide bonds. The maximum atomic E-state index is 12.8. The molecule has 2 rings (SSSR count). The van der Waals surface area contributed by atoms with Crippen molar-refractivity contribution in [2.24, 2.45) is 5.73 Å². The third kappa shape index (κ3) is 2.60. The number of alkyl halides is 3. The Morgan fingerprint density at radius 2 is 1.89 bits per heavy atom. The average molecular weight is 294 g/mol. The molecule has 0 aliphatic carbocycles. The van der Waals surface area contributed by atoms with E-state index >= 15 is 0 Å². The molecule has 4 nitrogen and oxygen atoms in total. The van der Waals surface area contributed by atoms with Crippen molar-refractivity contribution in [3.8, 4) is 0 Å². The molecule has 1 atom stereocenters. The van der Waals surface area contributed by atoms with E-state index in [-0.39, 0.29) is 6.54 Å². The Hall–Kier alpha value is -1.12. The third-order valence-corrected chi connectivity index (χ3v) is 5.01. The quantitative estimate of drug-likeness (QED) is 0.904. The summed E-state index contributed by atoms with van der Waals surface area (Å²) in [7, 11) is -4.21. The van der Waals surface area contributed by atoms with Gasteiger partial charge in [-0.3, -0.25) is 0 Å². The van der Waals surface area contributed by atoms with Crippen molar-refractivity contribution in [2.75, 3.05) is 6.54 Å². The summed E-state index contributed by atoms with van der Waals surface area (Å²) in [5.41, 5.74) is 4.47. The highest BCUT2D eigenvalue weighted by atomic mass is 32.2. The maximum Gasteiger partial charge on any atom is 0.417 e. The minimum atomic E-state index is -4.71. The average Bonchev–Trinajstić information content (AvgIpc) is 2.75. The van der Waals surface area contributed by atoms with Crippen LogP contribution in [-0.4, -0.2) is 25.4 Å². The molecule has 1 aromatic rings. The van der Waals surface area contributed by atoms with Crippen LogP contribution in [-0.2, 0) is 16.2 Å². The first-order valence-corrected chi connectivity index (χ1v) is 7.12. The van der Waals surface area contributed by atoms with Crippen molar-refractivity contribution in [3.63, 3.8) is 0 Å². The summed E-state index contributed by atoms with van der Waals surface area (Å²) < 4.78 is 64.0. The number of rotatable bonds is 2. The van der Waals surface area contributed by atoms with Crippen LogP contribution in [0.25, 0.3) is 0 Å². The van der Waals surface area contributed by atoms with Gasteiger partial charge >= 0.3 is 6.18 Å². The van der Waals surface area contributed by atoms with Crippen LogP contribution >= 0.6 is 0 Å². The first-order chi connectivity index (χ1) is 8.74. The Balaban J connectivity index is 2.53. The number of hydrogen-bond donors (Lipinski definition) is 1. The van der Waals surface area contributed by atoms with Gasteiger partial charge in [0.15, 0.2) is 0 Å². The molecule has 1 saturated heterocycles. The van der Waals surface area contributed by atoms with Crippen LogP contribution < -0.4 is 5.73 Å². The molecule has 1 unspecified atom stereocenters. The number of nitrogens with two attached hydrogens (primary N) is 1. The van der Waals surface area contributed by atoms with Crippen LogP contribution in [0.15, 0.2) is 29.2 Å². The Bertz CT molecular complexity index is 572. The first kappa shape index (κ1) is 14.3. The Morgan fingerprint density at radius 3 is 2.42 bits per heavy atom. The predicted octanol–water partition coefficient (Wildman–Crippen LogP) is 1.77. The predicted molar refractivity (Wildman–Crippen MR) is 62.5 cm³/mol. The maximum absolute atomic E-state index is 12.8. The van der Waals surface area contributed by atoms with Crippen LogP contribution in [0.5, 0.6) is 0 Å². The highest BCUT2D eigenvalue weighted by Crippen LogP contribution is 2.36. The van der Waals surface area contributed by atoms with Gasteiger partial charge in [0.1, 0.15) is 0 Å². The second-order valence-electron chi connectivity index (χ2n) is 4.32. The van der Waals surface area contributed by atoms with Crippen molar-refractivity contribution in [3.05, 3.63) is 29.8 Å². The molecule has 106 valence electrons. The first-order valence-electron chi connectivity index (χ1n) is 5.68. The Kier molecular flexibility index (Phi) is 3.59. The van der Waals surface area contributed by atoms with Crippen LogP contribution in [0, 0.1) is 0 Å². The molecule has 0 aromatic heterocycles. The number of sulfonamides is 1. The van der Waals surface area contributed by atoms with E-state index in [9.17, 15) is 21.6 Å². The van der Waals surface area contributed by atoms with Crippen LogP contribution in [0.1, 0.15) is 18.4 Å². The van der Waals surface area contributed by atoms with Crippen molar-refractivity contribution >= 4 is 10.0 Å². The van der Waals surface area contributed by atoms with Gasteiger partial charge < -0.3 is 5.73 Å². The molecule has 2 N–H and O–H groups in total. The zero-order valence-corrected chi connectivity index (χ0v) is 10.7. The number of benzene rings is 1. The summed E-state index contributed by atoms with van der Waals surface area (Å²) in [5.74, 6) is 0. The molecule has 8 heteroatoms. The van der Waals surface area contributed by atoms with Gasteiger partial charge in [-0.1, -0.05) is 12.1 Å². The smallest absolute Gasteiger partial charge is 0.315 e. The molecular formula is C11H13F3N2O2S. The van der Waals surface area contributed by atoms with Gasteiger partial charge in [-0.25, -0.2) is 8.42 Å². The van der Waals surface area contributed by atoms with Crippen molar-refractivity contribution in [1.82, 2.24) is 4.31 Å². The molecule has 1 fully saturated rings. The van der Waals surface area contributed by atoms with Gasteiger partial charge in [0.2, 0.25) is 10.0 Å². The Morgan fingerprint density at radius 1 is 1.26 bits per heavy atom. The summed E-state index contributed by atoms with van der Waals surface area (Å²) in [5, 5.41) is 0. The van der Waals surface area contributed by atoms with Crippen molar-refractivity contribution in [2.45, 2.75) is 30.1 Å². The molecule has 0 bridgehead atoms. The van der Waals surface area contributed by atoms with Crippen LogP contribution in [0.3, 0.4) is 0 Å². The minimum absolute atomic E-state index is 0.149. The van der Waals surface area contributed by atoms with E-state index in [1.165, 1.54) is 6.07 Å². The van der Waals surface area contributed by atoms with Gasteiger partial charge in [0.05, 0.1) is 16.6 Å². The summed E-state index contributed by atoms with van der Waals surface area (Å²) in [6.07, 6.45) is -4.47. The molecule has 1 aliphatic rings. The van der Waals surface area contributed by atoms with E-state index in [1.807, 2.05) is 0 Å². The third-order valence-electron chi connectivity index (χ3n) is 3.03. The normalized spacial score (nSPS) is 21.8. The van der Waals surface area contributed by atoms with Crippen molar-refractivity contribution < 1.29 is 21.6 Å². The summed E-state index contributed by atoms with van der Waals surface area (Å²) in [6, 6.07) is 4.15. The molecule has 19 heavy (non-hydrogen) atoms. The monoisotopic (exact) mass is 294 g/mol. The highest BCUT2D eigenvalue weighted by molar-refractivity contribution is 7.89. The topological polar surface area (TPSA) is 63.4 Å². The Labute approximate surface area is 109 Å². The number of nitrogens with zero attached hydrogens (tertiary/aromatic N) is 1. The lowest BCUT2D eigenvalue weighted by Crippen LogP contribution is -2.41. The highest BCUT2D eigenvalue weighted by Gasteiger charge is 2.41. The van der Waals surface area contributed by atoms with E-state index in [0.29, 0.717) is 12.8 Å². The SMILES string of the molecule is NC1CCCN1S(=O)(=O)c1ccccc1C(F)(F)F. The second kappa shape index (κ2) is 4.77. The van der Waals surface area contributed by atoms with Gasteiger partial charge in [-0.2, -0.15) is 17.5 Å². The van der Waals surface area contributed by atoms with E-state index in [0.717, 1.165) is 22.5 Å². The van der Waals surface area contributed by atoms with E-state index in [2.05, 4.69) is 0 Å². The molecule has 1 aliphatic heterocycles. The van der Waals surface area contributed by atoms with Gasteiger partial charge in [-0.05, 0) is 25.0 Å². The number of hydrogen-bond acceptors (Lipinski definition) is 3. The molecule has 1 heterocycles. The largest absolute Gasteiger partial charge is 0.417 e.